The predicted molar refractivity (Wildman–Crippen MR) is 142 cm³/mol. The van der Waals surface area contributed by atoms with Gasteiger partial charge in [0.05, 0.1) is 12.4 Å². The summed E-state index contributed by atoms with van der Waals surface area (Å²) in [6.07, 6.45) is 17.9. The minimum Gasteiger partial charge on any atom is -0.348 e. The predicted octanol–water partition coefficient (Wildman–Crippen LogP) is 2.23. The molecule has 0 saturated carbocycles. The van der Waals surface area contributed by atoms with Gasteiger partial charge in [-0.1, -0.05) is 48.0 Å². The second kappa shape index (κ2) is 14.1. The van der Waals surface area contributed by atoms with Crippen molar-refractivity contribution in [2.45, 2.75) is 26.3 Å². The zero-order chi connectivity index (χ0) is 24.0. The van der Waals surface area contributed by atoms with Gasteiger partial charge in [0.15, 0.2) is 0 Å². The van der Waals surface area contributed by atoms with E-state index >= 15 is 0 Å². The van der Waals surface area contributed by atoms with Gasteiger partial charge in [-0.05, 0) is 35.1 Å². The lowest BCUT2D eigenvalue weighted by Gasteiger charge is -2.17. The van der Waals surface area contributed by atoms with E-state index in [-0.39, 0.29) is 0 Å². The van der Waals surface area contributed by atoms with Crippen LogP contribution in [0.3, 0.4) is 0 Å². The van der Waals surface area contributed by atoms with E-state index in [0.717, 1.165) is 30.8 Å². The monoisotopic (exact) mass is 478 g/mol. The van der Waals surface area contributed by atoms with Crippen LogP contribution in [0, 0.1) is 0 Å². The van der Waals surface area contributed by atoms with Crippen LogP contribution in [0.5, 0.6) is 0 Å². The molecule has 3 rings (SSSR count). The first-order chi connectivity index (χ1) is 16.7. The first kappa shape index (κ1) is 25.3. The smallest absolute Gasteiger partial charge is 0.214 e. The van der Waals surface area contributed by atoms with E-state index in [1.54, 1.807) is 6.20 Å². The lowest BCUT2D eigenvalue weighted by Crippen LogP contribution is -2.34. The Morgan fingerprint density at radius 1 is 1.32 bits per heavy atom. The number of hydrogen-bond acceptors (Lipinski definition) is 5. The molecule has 0 bridgehead atoms. The number of amidine groups is 1. The van der Waals surface area contributed by atoms with Gasteiger partial charge in [-0.2, -0.15) is 0 Å². The quantitative estimate of drug-likeness (QED) is 0.168. The van der Waals surface area contributed by atoms with Gasteiger partial charge in [-0.25, -0.2) is 0 Å². The number of carbonyl (C=O) groups is 1. The second-order valence-corrected chi connectivity index (χ2v) is 8.13. The maximum absolute atomic E-state index is 11.5. The molecule has 2 heterocycles. The Labute approximate surface area is 205 Å². The molecular weight excluding hydrogens is 448 g/mol. The van der Waals surface area contributed by atoms with Gasteiger partial charge in [0.1, 0.15) is 5.16 Å². The van der Waals surface area contributed by atoms with Crippen LogP contribution in [0.2, 0.25) is 0 Å². The molecule has 2 N–H and O–H groups in total. The molecule has 2 aliphatic rings. The molecule has 0 unspecified atom stereocenters. The first-order valence-corrected chi connectivity index (χ1v) is 11.8. The number of benzene rings is 1. The van der Waals surface area contributed by atoms with Crippen LogP contribution in [0.1, 0.15) is 25.3 Å². The van der Waals surface area contributed by atoms with Crippen LogP contribution in [0.25, 0.3) is 12.2 Å². The van der Waals surface area contributed by atoms with Crippen molar-refractivity contribution in [3.63, 3.8) is 0 Å². The van der Waals surface area contributed by atoms with E-state index in [0.29, 0.717) is 37.9 Å². The molecule has 7 nitrogen and oxygen atoms in total. The van der Waals surface area contributed by atoms with Gasteiger partial charge in [0.2, 0.25) is 6.41 Å². The summed E-state index contributed by atoms with van der Waals surface area (Å²) in [5, 5.41) is 9.11. The van der Waals surface area contributed by atoms with Crippen LogP contribution in [-0.2, 0) is 11.3 Å². The maximum atomic E-state index is 11.5. The van der Waals surface area contributed by atoms with Crippen molar-refractivity contribution in [3.8, 4) is 0 Å². The number of rotatable bonds is 11. The van der Waals surface area contributed by atoms with Gasteiger partial charge < -0.3 is 15.5 Å². The molecule has 1 aromatic carbocycles. The third kappa shape index (κ3) is 8.24. The Balaban J connectivity index is 1.44. The number of allylic oxidation sites excluding steroid dienone is 3. The summed E-state index contributed by atoms with van der Waals surface area (Å²) >= 11 is 6.32. The number of hydrogen-bond donors (Lipinski definition) is 2. The number of fused-ring (bicyclic) bond motifs is 1. The summed E-state index contributed by atoms with van der Waals surface area (Å²) in [6.45, 7) is 4.91. The Hall–Kier alpha value is -3.29. The van der Waals surface area contributed by atoms with Crippen LogP contribution in [0.15, 0.2) is 68.5 Å². The molecule has 2 aliphatic heterocycles. The van der Waals surface area contributed by atoms with Crippen molar-refractivity contribution in [2.75, 3.05) is 26.2 Å². The molecule has 8 heteroatoms. The fourth-order valence-electron chi connectivity index (χ4n) is 3.45. The fraction of sp³-hybridized carbons (Fsp3) is 0.308. The standard InChI is InChI=1S/C26H31ClN6O/c1-21(30-15-10-24-8-3-2-4-12-31-24)32-19-26(27)33(20-34)17-16-29-18-23-7-5-6-22-9-13-28-14-11-25(22)23/h2-3,5-9,11-12,14,19-20,29H,4,10,13,15-18H2,1H3,(H,30,32)/b26-19-. The molecule has 0 aromatic heterocycles. The van der Waals surface area contributed by atoms with Crippen LogP contribution < -0.4 is 21.1 Å². The summed E-state index contributed by atoms with van der Waals surface area (Å²) in [4.78, 5) is 26.2. The highest BCUT2D eigenvalue weighted by molar-refractivity contribution is 6.29. The van der Waals surface area contributed by atoms with Crippen molar-refractivity contribution in [3.05, 3.63) is 69.5 Å². The Bertz CT molecular complexity index is 1150. The molecule has 0 fully saturated rings. The molecule has 1 amide bonds. The number of amides is 1. The number of nitrogens with zero attached hydrogens (tertiary/aromatic N) is 4. The van der Waals surface area contributed by atoms with Crippen molar-refractivity contribution >= 4 is 48.4 Å². The third-order valence-corrected chi connectivity index (χ3v) is 5.61. The van der Waals surface area contributed by atoms with Gasteiger partial charge >= 0.3 is 0 Å². The van der Waals surface area contributed by atoms with Crippen molar-refractivity contribution in [2.24, 2.45) is 15.0 Å². The lowest BCUT2D eigenvalue weighted by atomic mass is 10.1. The highest BCUT2D eigenvalue weighted by Gasteiger charge is 2.06. The van der Waals surface area contributed by atoms with Crippen molar-refractivity contribution in [1.82, 2.24) is 15.5 Å². The summed E-state index contributed by atoms with van der Waals surface area (Å²) in [7, 11) is 0. The van der Waals surface area contributed by atoms with Crippen molar-refractivity contribution < 1.29 is 4.79 Å². The molecule has 0 saturated heterocycles. The zero-order valence-corrected chi connectivity index (χ0v) is 20.2. The molecule has 1 aromatic rings. The number of nitrogens with one attached hydrogen (secondary N) is 2. The van der Waals surface area contributed by atoms with E-state index in [1.165, 1.54) is 20.9 Å². The molecule has 0 atom stereocenters. The highest BCUT2D eigenvalue weighted by Crippen LogP contribution is 2.07. The zero-order valence-electron chi connectivity index (χ0n) is 19.5. The van der Waals surface area contributed by atoms with Gasteiger partial charge in [-0.15, -0.1) is 0 Å². The summed E-state index contributed by atoms with van der Waals surface area (Å²) in [5.74, 6) is 0.720. The maximum Gasteiger partial charge on any atom is 0.214 e. The van der Waals surface area contributed by atoms with E-state index in [1.807, 2.05) is 37.6 Å². The van der Waals surface area contributed by atoms with Gasteiger partial charge in [-0.3, -0.25) is 19.8 Å². The average molecular weight is 479 g/mol. The largest absolute Gasteiger partial charge is 0.348 e. The van der Waals surface area contributed by atoms with E-state index in [4.69, 9.17) is 11.6 Å². The van der Waals surface area contributed by atoms with Crippen molar-refractivity contribution in [1.29, 1.82) is 0 Å². The molecule has 34 heavy (non-hydrogen) atoms. The molecule has 0 aliphatic carbocycles. The summed E-state index contributed by atoms with van der Waals surface area (Å²) in [6, 6.07) is 6.25. The van der Waals surface area contributed by atoms with E-state index in [9.17, 15) is 4.79 Å². The summed E-state index contributed by atoms with van der Waals surface area (Å²) in [5.41, 5.74) is 2.20. The third-order valence-electron chi connectivity index (χ3n) is 5.28. The van der Waals surface area contributed by atoms with Gasteiger partial charge in [0, 0.05) is 63.3 Å². The molecular formula is C26H31ClN6O. The highest BCUT2D eigenvalue weighted by atomic mass is 35.5. The normalized spacial score (nSPS) is 15.4. The van der Waals surface area contributed by atoms with E-state index < -0.39 is 0 Å². The van der Waals surface area contributed by atoms with Crippen LogP contribution >= 0.6 is 11.6 Å². The van der Waals surface area contributed by atoms with Crippen LogP contribution in [0.4, 0.5) is 0 Å². The first-order valence-electron chi connectivity index (χ1n) is 11.4. The van der Waals surface area contributed by atoms with Crippen LogP contribution in [-0.4, -0.2) is 55.8 Å². The number of carbonyl (C=O) groups excluding carboxylic acids is 1. The molecule has 0 radical (unpaired) electrons. The Morgan fingerprint density at radius 2 is 2.24 bits per heavy atom. The SMILES string of the molecule is CC(=NCCC1=CC=CCC=N1)N/C=C(/Cl)N(C=O)CCNCc1cccc2c1=CC=NCC=2. The lowest BCUT2D eigenvalue weighted by molar-refractivity contribution is -0.116. The minimum atomic E-state index is 0.306. The molecule has 178 valence electrons. The average Bonchev–Trinajstić information content (AvgIpc) is 3.26. The summed E-state index contributed by atoms with van der Waals surface area (Å²) < 4.78 is 0. The Kier molecular flexibility index (Phi) is 10.5. The van der Waals surface area contributed by atoms with E-state index in [2.05, 4.69) is 56.0 Å². The number of halogens is 1. The minimum absolute atomic E-state index is 0.306. The topological polar surface area (TPSA) is 81.5 Å². The second-order valence-electron chi connectivity index (χ2n) is 7.74. The number of aliphatic imine (C=N–C) groups is 3. The fourth-order valence-corrected chi connectivity index (χ4v) is 3.63. The van der Waals surface area contributed by atoms with Gasteiger partial charge in [0.25, 0.3) is 0 Å². The molecule has 0 spiro atoms. The Morgan fingerprint density at radius 3 is 3.12 bits per heavy atom.